The van der Waals surface area contributed by atoms with Crippen molar-refractivity contribution in [1.29, 1.82) is 0 Å². The molecule has 122 valence electrons. The summed E-state index contributed by atoms with van der Waals surface area (Å²) < 4.78 is 5.67. The molecule has 0 bridgehead atoms. The molecule has 1 aliphatic heterocycles. The Labute approximate surface area is 140 Å². The predicted octanol–water partition coefficient (Wildman–Crippen LogP) is 3.82. The maximum absolute atomic E-state index is 12.4. The number of phenolic OH excluding ortho intramolecular Hbond substituents is 1. The van der Waals surface area contributed by atoms with Crippen molar-refractivity contribution in [2.45, 2.75) is 26.2 Å². The van der Waals surface area contributed by atoms with Crippen LogP contribution in [0.3, 0.4) is 0 Å². The van der Waals surface area contributed by atoms with Crippen LogP contribution in [0.1, 0.15) is 42.1 Å². The fourth-order valence-corrected chi connectivity index (χ4v) is 2.79. The summed E-state index contributed by atoms with van der Waals surface area (Å²) >= 11 is 0. The number of phenols is 1. The van der Waals surface area contributed by atoms with Gasteiger partial charge in [-0.05, 0) is 50.1 Å². The van der Waals surface area contributed by atoms with Crippen LogP contribution in [0.5, 0.6) is 5.75 Å². The molecule has 1 unspecified atom stereocenters. The molecule has 24 heavy (non-hydrogen) atoms. The highest BCUT2D eigenvalue weighted by molar-refractivity contribution is 5.90. The number of carbonyl (C=O) groups is 1. The lowest BCUT2D eigenvalue weighted by atomic mass is 9.89. The molecule has 3 rings (SSSR count). The molecule has 1 aromatic heterocycles. The van der Waals surface area contributed by atoms with E-state index in [2.05, 4.69) is 9.98 Å². The van der Waals surface area contributed by atoms with E-state index in [4.69, 9.17) is 4.74 Å². The zero-order chi connectivity index (χ0) is 17.1. The van der Waals surface area contributed by atoms with Gasteiger partial charge in [-0.25, -0.2) is 4.79 Å². The number of carbonyl (C=O) groups excluding carboxylic acids is 1. The first-order valence-corrected chi connectivity index (χ1v) is 7.70. The summed E-state index contributed by atoms with van der Waals surface area (Å²) in [5.41, 5.74) is 3.03. The number of aliphatic imine (C=N–C) groups is 1. The quantitative estimate of drug-likeness (QED) is 0.872. The number of pyridine rings is 1. The molecule has 0 amide bonds. The van der Waals surface area contributed by atoms with E-state index in [1.54, 1.807) is 30.5 Å². The number of benzene rings is 1. The third-order valence-corrected chi connectivity index (χ3v) is 3.93. The van der Waals surface area contributed by atoms with Crippen LogP contribution in [0, 0.1) is 0 Å². The SMILES string of the molecule is CC1=NC(C)=C(OC(=O)c2cccnc2)C(c2ccc(O)cc2)C1. The number of nitrogens with zero attached hydrogens (tertiary/aromatic N) is 2. The maximum atomic E-state index is 12.4. The monoisotopic (exact) mass is 322 g/mol. The van der Waals surface area contributed by atoms with Crippen molar-refractivity contribution >= 4 is 11.7 Å². The third kappa shape index (κ3) is 3.35. The van der Waals surface area contributed by atoms with E-state index in [0.29, 0.717) is 23.4 Å². The van der Waals surface area contributed by atoms with Gasteiger partial charge in [0.15, 0.2) is 0 Å². The Hall–Kier alpha value is -2.95. The summed E-state index contributed by atoms with van der Waals surface area (Å²) in [7, 11) is 0. The van der Waals surface area contributed by atoms with E-state index >= 15 is 0 Å². The summed E-state index contributed by atoms with van der Waals surface area (Å²) in [6.07, 6.45) is 3.75. The molecule has 1 aromatic carbocycles. The van der Waals surface area contributed by atoms with Crippen molar-refractivity contribution in [1.82, 2.24) is 4.98 Å². The van der Waals surface area contributed by atoms with Crippen molar-refractivity contribution in [3.8, 4) is 5.75 Å². The van der Waals surface area contributed by atoms with Gasteiger partial charge in [0.25, 0.3) is 0 Å². The van der Waals surface area contributed by atoms with Gasteiger partial charge >= 0.3 is 5.97 Å². The van der Waals surface area contributed by atoms with Gasteiger partial charge < -0.3 is 9.84 Å². The summed E-state index contributed by atoms with van der Waals surface area (Å²) in [5.74, 6) is 0.189. The average Bonchev–Trinajstić information content (AvgIpc) is 2.58. The van der Waals surface area contributed by atoms with E-state index in [1.807, 2.05) is 26.0 Å². The van der Waals surface area contributed by atoms with Crippen molar-refractivity contribution in [3.05, 3.63) is 71.4 Å². The third-order valence-electron chi connectivity index (χ3n) is 3.93. The number of aromatic nitrogens is 1. The smallest absolute Gasteiger partial charge is 0.344 e. The van der Waals surface area contributed by atoms with Gasteiger partial charge in [-0.3, -0.25) is 9.98 Å². The summed E-state index contributed by atoms with van der Waals surface area (Å²) in [4.78, 5) is 20.8. The number of aromatic hydroxyl groups is 1. The molecule has 0 radical (unpaired) electrons. The summed E-state index contributed by atoms with van der Waals surface area (Å²) in [6.45, 7) is 3.79. The normalized spacial score (nSPS) is 17.4. The Balaban J connectivity index is 1.93. The second-order valence-electron chi connectivity index (χ2n) is 5.78. The fourth-order valence-electron chi connectivity index (χ4n) is 2.79. The van der Waals surface area contributed by atoms with Crippen LogP contribution in [0.25, 0.3) is 0 Å². The number of hydrogen-bond acceptors (Lipinski definition) is 5. The van der Waals surface area contributed by atoms with Crippen molar-refractivity contribution in [3.63, 3.8) is 0 Å². The van der Waals surface area contributed by atoms with E-state index in [1.165, 1.54) is 6.20 Å². The average molecular weight is 322 g/mol. The zero-order valence-corrected chi connectivity index (χ0v) is 13.6. The maximum Gasteiger partial charge on any atom is 0.344 e. The van der Waals surface area contributed by atoms with Crippen LogP contribution < -0.4 is 0 Å². The van der Waals surface area contributed by atoms with E-state index in [-0.39, 0.29) is 11.7 Å². The molecule has 5 heteroatoms. The minimum atomic E-state index is -0.448. The van der Waals surface area contributed by atoms with Crippen LogP contribution in [-0.4, -0.2) is 21.8 Å². The number of esters is 1. The standard InChI is InChI=1S/C19H18N2O3/c1-12-10-17(14-5-7-16(22)8-6-14)18(13(2)21-12)24-19(23)15-4-3-9-20-11-15/h3-9,11,17,22H,10H2,1-2H3. The van der Waals surface area contributed by atoms with E-state index in [0.717, 1.165) is 11.3 Å². The Morgan fingerprint density at radius 3 is 2.62 bits per heavy atom. The molecule has 2 aromatic rings. The molecule has 0 saturated carbocycles. The molecule has 1 aliphatic rings. The fraction of sp³-hybridized carbons (Fsp3) is 0.211. The highest BCUT2D eigenvalue weighted by Crippen LogP contribution is 2.36. The molecule has 1 N–H and O–H groups in total. The molecule has 0 fully saturated rings. The first kappa shape index (κ1) is 15.9. The van der Waals surface area contributed by atoms with E-state index in [9.17, 15) is 9.90 Å². The first-order chi connectivity index (χ1) is 11.5. The molecular formula is C19H18N2O3. The molecule has 0 saturated heterocycles. The number of allylic oxidation sites excluding steroid dienone is 2. The highest BCUT2D eigenvalue weighted by atomic mass is 16.5. The van der Waals surface area contributed by atoms with Gasteiger partial charge in [-0.15, -0.1) is 0 Å². The minimum absolute atomic E-state index is 0.108. The number of rotatable bonds is 3. The van der Waals surface area contributed by atoms with Crippen molar-refractivity contribution in [2.24, 2.45) is 4.99 Å². The lowest BCUT2D eigenvalue weighted by molar-refractivity contribution is 0.0598. The largest absolute Gasteiger partial charge is 0.508 e. The zero-order valence-electron chi connectivity index (χ0n) is 13.6. The highest BCUT2D eigenvalue weighted by Gasteiger charge is 2.27. The second kappa shape index (κ2) is 6.66. The van der Waals surface area contributed by atoms with Crippen LogP contribution in [-0.2, 0) is 4.74 Å². The van der Waals surface area contributed by atoms with Crippen molar-refractivity contribution in [2.75, 3.05) is 0 Å². The Morgan fingerprint density at radius 1 is 1.21 bits per heavy atom. The molecule has 5 nitrogen and oxygen atoms in total. The lowest BCUT2D eigenvalue weighted by Crippen LogP contribution is -2.18. The topological polar surface area (TPSA) is 71.8 Å². The van der Waals surface area contributed by atoms with Gasteiger partial charge in [0.1, 0.15) is 11.5 Å². The van der Waals surface area contributed by atoms with Gasteiger partial charge in [-0.2, -0.15) is 0 Å². The number of ether oxygens (including phenoxy) is 1. The number of hydrogen-bond donors (Lipinski definition) is 1. The Kier molecular flexibility index (Phi) is 4.42. The van der Waals surface area contributed by atoms with Gasteiger partial charge in [-0.1, -0.05) is 12.1 Å². The lowest BCUT2D eigenvalue weighted by Gasteiger charge is -2.25. The predicted molar refractivity (Wildman–Crippen MR) is 90.9 cm³/mol. The second-order valence-corrected chi connectivity index (χ2v) is 5.78. The van der Waals surface area contributed by atoms with Crippen LogP contribution in [0.15, 0.2) is 65.2 Å². The minimum Gasteiger partial charge on any atom is -0.508 e. The van der Waals surface area contributed by atoms with Crippen LogP contribution >= 0.6 is 0 Å². The molecule has 0 spiro atoms. The summed E-state index contributed by atoms with van der Waals surface area (Å²) in [5, 5.41) is 9.49. The van der Waals surface area contributed by atoms with Crippen molar-refractivity contribution < 1.29 is 14.6 Å². The Bertz CT molecular complexity index is 808. The van der Waals surface area contributed by atoms with Crippen LogP contribution in [0.2, 0.25) is 0 Å². The molecule has 0 aliphatic carbocycles. The first-order valence-electron chi connectivity index (χ1n) is 7.70. The summed E-state index contributed by atoms with van der Waals surface area (Å²) in [6, 6.07) is 10.3. The van der Waals surface area contributed by atoms with Gasteiger partial charge in [0.2, 0.25) is 0 Å². The Morgan fingerprint density at radius 2 is 1.96 bits per heavy atom. The molecule has 1 atom stereocenters. The van der Waals surface area contributed by atoms with Gasteiger partial charge in [0.05, 0.1) is 11.3 Å². The van der Waals surface area contributed by atoms with Crippen LogP contribution in [0.4, 0.5) is 0 Å². The molecular weight excluding hydrogens is 304 g/mol. The van der Waals surface area contributed by atoms with E-state index < -0.39 is 5.97 Å². The molecule has 2 heterocycles. The van der Waals surface area contributed by atoms with Gasteiger partial charge in [0, 0.05) is 24.0 Å².